The maximum Gasteiger partial charge on any atom is 0.408 e. The summed E-state index contributed by atoms with van der Waals surface area (Å²) in [6, 6.07) is -2.41. The molecule has 3 rings (SSSR count). The Balaban J connectivity index is 1.78. The molecule has 3 aliphatic rings. The average molecular weight is 583 g/mol. The summed E-state index contributed by atoms with van der Waals surface area (Å²) < 4.78 is 37.3. The van der Waals surface area contributed by atoms with E-state index in [1.807, 2.05) is 0 Å². The third-order valence-electron chi connectivity index (χ3n) is 6.96. The lowest BCUT2D eigenvalue weighted by atomic mass is 10.1. The highest BCUT2D eigenvalue weighted by molar-refractivity contribution is 7.91. The molecule has 5 atom stereocenters. The van der Waals surface area contributed by atoms with Gasteiger partial charge in [-0.25, -0.2) is 18.0 Å². The van der Waals surface area contributed by atoms with Crippen molar-refractivity contribution in [2.75, 3.05) is 6.54 Å². The quantitative estimate of drug-likeness (QED) is 0.179. The van der Waals surface area contributed by atoms with E-state index in [2.05, 4.69) is 28.5 Å². The van der Waals surface area contributed by atoms with Gasteiger partial charge in [-0.15, -0.1) is 6.58 Å². The Labute approximate surface area is 234 Å². The molecule has 222 valence electrons. The fraction of sp³-hybridized carbons (Fsp3) is 0.654. The lowest BCUT2D eigenvalue weighted by Gasteiger charge is -2.32. The molecular formula is C26H38N4O9S. The molecule has 3 N–H and O–H groups in total. The van der Waals surface area contributed by atoms with E-state index in [1.165, 1.54) is 17.9 Å². The normalized spacial score (nSPS) is 25.6. The van der Waals surface area contributed by atoms with Gasteiger partial charge in [0.15, 0.2) is 0 Å². The van der Waals surface area contributed by atoms with Gasteiger partial charge in [-0.2, -0.15) is 0 Å². The van der Waals surface area contributed by atoms with Crippen LogP contribution in [0.5, 0.6) is 0 Å². The van der Waals surface area contributed by atoms with Gasteiger partial charge in [0.2, 0.25) is 21.8 Å². The number of carbonyl (C=O) groups is 5. The Kier molecular flexibility index (Phi) is 9.02. The summed E-state index contributed by atoms with van der Waals surface area (Å²) in [5, 5.41) is 4.48. The van der Waals surface area contributed by atoms with Crippen molar-refractivity contribution in [3.8, 4) is 0 Å². The van der Waals surface area contributed by atoms with Gasteiger partial charge in [0.1, 0.15) is 29.3 Å². The fourth-order valence-electron chi connectivity index (χ4n) is 4.61. The molecule has 0 spiro atoms. The number of esters is 1. The number of nitrogens with one attached hydrogen (secondary N) is 3. The topological polar surface area (TPSA) is 177 Å². The Hall–Kier alpha value is -3.42. The van der Waals surface area contributed by atoms with Crippen LogP contribution in [0.3, 0.4) is 0 Å². The van der Waals surface area contributed by atoms with Crippen LogP contribution in [-0.2, 0) is 38.7 Å². The minimum atomic E-state index is -3.85. The highest BCUT2D eigenvalue weighted by atomic mass is 32.2. The smallest absolute Gasteiger partial charge is 0.408 e. The van der Waals surface area contributed by atoms with Gasteiger partial charge in [-0.3, -0.25) is 19.1 Å². The number of alkyl carbamates (subject to hydrolysis) is 1. The molecule has 0 aromatic heterocycles. The lowest BCUT2D eigenvalue weighted by Crippen LogP contribution is -2.60. The number of carbonyl (C=O) groups excluding carboxylic acids is 5. The number of likely N-dealkylation sites (tertiary alicyclic amines) is 1. The van der Waals surface area contributed by atoms with Crippen LogP contribution < -0.4 is 15.4 Å². The van der Waals surface area contributed by atoms with Crippen LogP contribution in [0.15, 0.2) is 25.3 Å². The number of rotatable bonds is 11. The first-order chi connectivity index (χ1) is 18.5. The Morgan fingerprint density at radius 2 is 1.75 bits per heavy atom. The molecule has 3 fully saturated rings. The molecule has 1 saturated heterocycles. The van der Waals surface area contributed by atoms with Crippen LogP contribution in [0.4, 0.5) is 4.79 Å². The Morgan fingerprint density at radius 1 is 1.10 bits per heavy atom. The summed E-state index contributed by atoms with van der Waals surface area (Å²) in [6.07, 6.45) is 2.11. The van der Waals surface area contributed by atoms with Gasteiger partial charge in [0.05, 0.1) is 5.25 Å². The van der Waals surface area contributed by atoms with Crippen molar-refractivity contribution in [3.63, 3.8) is 0 Å². The minimum absolute atomic E-state index is 0.158. The van der Waals surface area contributed by atoms with E-state index >= 15 is 0 Å². The average Bonchev–Trinajstić information content (AvgIpc) is 3.77. The molecule has 0 aromatic carbocycles. The van der Waals surface area contributed by atoms with Crippen molar-refractivity contribution < 1.29 is 41.9 Å². The van der Waals surface area contributed by atoms with Crippen molar-refractivity contribution >= 4 is 39.8 Å². The van der Waals surface area contributed by atoms with Crippen LogP contribution >= 0.6 is 0 Å². The SMILES string of the molecule is C=CC(=O)O[C@H](C)[C@H](NC(=O)OC(C)(C)C)C(=O)N1CCC[C@H]1C(=O)N[C@]1(C(=O)NS(=O)(=O)C2CC2)C[C@H]1C=C. The maximum absolute atomic E-state index is 13.7. The van der Waals surface area contributed by atoms with Crippen molar-refractivity contribution in [1.29, 1.82) is 0 Å². The summed E-state index contributed by atoms with van der Waals surface area (Å²) in [7, 11) is -3.85. The highest BCUT2D eigenvalue weighted by Gasteiger charge is 2.61. The Morgan fingerprint density at radius 3 is 2.27 bits per heavy atom. The molecule has 2 saturated carbocycles. The number of hydrogen-bond donors (Lipinski definition) is 3. The van der Waals surface area contributed by atoms with Gasteiger partial charge in [-0.05, 0) is 59.8 Å². The van der Waals surface area contributed by atoms with Crippen molar-refractivity contribution in [2.24, 2.45) is 5.92 Å². The number of ether oxygens (including phenoxy) is 2. The molecule has 1 heterocycles. The number of nitrogens with zero attached hydrogens (tertiary/aromatic N) is 1. The molecule has 40 heavy (non-hydrogen) atoms. The summed E-state index contributed by atoms with van der Waals surface area (Å²) in [6.45, 7) is 13.5. The van der Waals surface area contributed by atoms with Gasteiger partial charge in [0.25, 0.3) is 5.91 Å². The van der Waals surface area contributed by atoms with Crippen LogP contribution in [0, 0.1) is 5.92 Å². The van der Waals surface area contributed by atoms with Crippen LogP contribution in [0.1, 0.15) is 59.8 Å². The second kappa shape index (κ2) is 11.6. The zero-order valence-corrected chi connectivity index (χ0v) is 24.0. The van der Waals surface area contributed by atoms with Gasteiger partial charge in [-0.1, -0.05) is 12.7 Å². The summed E-state index contributed by atoms with van der Waals surface area (Å²) in [5.74, 6) is -3.50. The van der Waals surface area contributed by atoms with E-state index in [-0.39, 0.29) is 19.4 Å². The summed E-state index contributed by atoms with van der Waals surface area (Å²) in [5.41, 5.74) is -2.37. The number of hydrogen-bond acceptors (Lipinski definition) is 9. The van der Waals surface area contributed by atoms with Crippen molar-refractivity contribution in [1.82, 2.24) is 20.3 Å². The first-order valence-corrected chi connectivity index (χ1v) is 14.7. The minimum Gasteiger partial charge on any atom is -0.457 e. The Bertz CT molecular complexity index is 1190. The monoisotopic (exact) mass is 582 g/mol. The second-order valence-electron chi connectivity index (χ2n) is 11.3. The van der Waals surface area contributed by atoms with E-state index < -0.39 is 80.3 Å². The van der Waals surface area contributed by atoms with E-state index in [0.717, 1.165) is 6.08 Å². The predicted octanol–water partition coefficient (Wildman–Crippen LogP) is 0.658. The molecule has 0 aromatic rings. The largest absolute Gasteiger partial charge is 0.457 e. The zero-order chi connectivity index (χ0) is 30.0. The van der Waals surface area contributed by atoms with E-state index in [4.69, 9.17) is 9.47 Å². The van der Waals surface area contributed by atoms with Crippen molar-refractivity contribution in [3.05, 3.63) is 25.3 Å². The molecular weight excluding hydrogens is 544 g/mol. The molecule has 13 nitrogen and oxygen atoms in total. The van der Waals surface area contributed by atoms with Gasteiger partial charge >= 0.3 is 12.1 Å². The van der Waals surface area contributed by atoms with E-state index in [0.29, 0.717) is 19.3 Å². The first kappa shape index (κ1) is 31.1. The summed E-state index contributed by atoms with van der Waals surface area (Å²) in [4.78, 5) is 65.7. The summed E-state index contributed by atoms with van der Waals surface area (Å²) >= 11 is 0. The fourth-order valence-corrected chi connectivity index (χ4v) is 5.98. The maximum atomic E-state index is 13.7. The predicted molar refractivity (Wildman–Crippen MR) is 143 cm³/mol. The van der Waals surface area contributed by atoms with Crippen LogP contribution in [0.2, 0.25) is 0 Å². The van der Waals surface area contributed by atoms with Crippen LogP contribution in [-0.4, -0.2) is 84.2 Å². The molecule has 14 heteroatoms. The van der Waals surface area contributed by atoms with E-state index in [9.17, 15) is 32.4 Å². The lowest BCUT2D eigenvalue weighted by molar-refractivity contribution is -0.150. The molecule has 4 amide bonds. The van der Waals surface area contributed by atoms with Gasteiger partial charge in [0, 0.05) is 18.5 Å². The third kappa shape index (κ3) is 7.20. The standard InChI is InChI=1S/C26H38N4O9S/c1-7-16-14-26(16,23(34)29-40(36,37)17-11-12-17)28-21(32)18-10-9-13-30(18)22(33)20(15(3)38-19(31)8-2)27-24(35)39-25(4,5)6/h7-8,15-18,20H,1-2,9-14H2,3-6H3,(H,27,35)(H,28,32)(H,29,34)/t15-,16-,18+,20+,26-/m1/s1. The van der Waals surface area contributed by atoms with E-state index in [1.54, 1.807) is 20.8 Å². The molecule has 2 aliphatic carbocycles. The molecule has 1 aliphatic heterocycles. The van der Waals surface area contributed by atoms with Gasteiger partial charge < -0.3 is 25.0 Å². The number of amides is 4. The molecule has 0 bridgehead atoms. The molecule has 0 unspecified atom stereocenters. The first-order valence-electron chi connectivity index (χ1n) is 13.2. The van der Waals surface area contributed by atoms with Crippen LogP contribution in [0.25, 0.3) is 0 Å². The zero-order valence-electron chi connectivity index (χ0n) is 23.2. The third-order valence-corrected chi connectivity index (χ3v) is 8.78. The number of sulfonamides is 1. The second-order valence-corrected chi connectivity index (χ2v) is 13.3. The van der Waals surface area contributed by atoms with Crippen molar-refractivity contribution in [2.45, 2.75) is 94.4 Å². The molecule has 0 radical (unpaired) electrons. The highest BCUT2D eigenvalue weighted by Crippen LogP contribution is 2.45.